The molecule has 2 heterocycles. The van der Waals surface area contributed by atoms with E-state index in [0.29, 0.717) is 55.8 Å². The van der Waals surface area contributed by atoms with E-state index in [1.54, 1.807) is 41.3 Å². The summed E-state index contributed by atoms with van der Waals surface area (Å²) in [5.74, 6) is -0.143. The second-order valence-electron chi connectivity index (χ2n) is 8.49. The van der Waals surface area contributed by atoms with E-state index < -0.39 is 12.6 Å². The van der Waals surface area contributed by atoms with E-state index in [0.717, 1.165) is 17.5 Å². The van der Waals surface area contributed by atoms with E-state index in [4.69, 9.17) is 9.15 Å². The third kappa shape index (κ3) is 4.93. The van der Waals surface area contributed by atoms with E-state index in [1.807, 2.05) is 0 Å². The van der Waals surface area contributed by atoms with Crippen molar-refractivity contribution in [3.63, 3.8) is 0 Å². The molecule has 184 valence electrons. The Hall–Kier alpha value is -3.66. The lowest BCUT2D eigenvalue weighted by molar-refractivity contribution is -0.0499. The summed E-state index contributed by atoms with van der Waals surface area (Å²) in [5, 5.41) is 6.40. The molecular weight excluding hydrogens is 460 g/mol. The molecule has 10 heteroatoms. The number of urea groups is 1. The molecule has 1 unspecified atom stereocenters. The molecule has 1 aliphatic carbocycles. The minimum Gasteiger partial charge on any atom is -0.449 e. The number of alkyl halides is 2. The summed E-state index contributed by atoms with van der Waals surface area (Å²) >= 11 is 0. The van der Waals surface area contributed by atoms with Gasteiger partial charge in [0.2, 0.25) is 5.76 Å². The number of amides is 3. The first-order valence-corrected chi connectivity index (χ1v) is 11.5. The van der Waals surface area contributed by atoms with Crippen molar-refractivity contribution in [2.45, 2.75) is 31.9 Å². The number of benzene rings is 2. The molecular formula is C25H25F2N3O5. The maximum absolute atomic E-state index is 13.2. The largest absolute Gasteiger partial charge is 0.449 e. The van der Waals surface area contributed by atoms with Crippen LogP contribution in [0.25, 0.3) is 11.0 Å². The molecule has 0 radical (unpaired) electrons. The van der Waals surface area contributed by atoms with Crippen LogP contribution in [0.15, 0.2) is 46.9 Å². The summed E-state index contributed by atoms with van der Waals surface area (Å²) in [5.41, 5.74) is 2.52. The van der Waals surface area contributed by atoms with Crippen LogP contribution < -0.4 is 15.4 Å². The van der Waals surface area contributed by atoms with Crippen LogP contribution in [0.4, 0.5) is 19.3 Å². The van der Waals surface area contributed by atoms with Gasteiger partial charge in [-0.2, -0.15) is 8.78 Å². The Bertz CT molecular complexity index is 1240. The van der Waals surface area contributed by atoms with Gasteiger partial charge in [0.1, 0.15) is 17.0 Å². The van der Waals surface area contributed by atoms with E-state index in [-0.39, 0.29) is 23.5 Å². The van der Waals surface area contributed by atoms with Crippen LogP contribution >= 0.6 is 0 Å². The number of para-hydroxylation sites is 1. The van der Waals surface area contributed by atoms with Crippen LogP contribution in [0.3, 0.4) is 0 Å². The number of furan rings is 1. The Morgan fingerprint density at radius 3 is 2.71 bits per heavy atom. The molecule has 1 atom stereocenters. The minimum atomic E-state index is -2.89. The molecule has 0 bridgehead atoms. The van der Waals surface area contributed by atoms with Crippen LogP contribution in [0.2, 0.25) is 0 Å². The van der Waals surface area contributed by atoms with Gasteiger partial charge < -0.3 is 29.4 Å². The van der Waals surface area contributed by atoms with Crippen LogP contribution in [-0.2, 0) is 11.2 Å². The maximum Gasteiger partial charge on any atom is 0.387 e. The highest BCUT2D eigenvalue weighted by atomic mass is 19.3. The van der Waals surface area contributed by atoms with Gasteiger partial charge in [-0.25, -0.2) is 4.79 Å². The summed E-state index contributed by atoms with van der Waals surface area (Å²) in [6.07, 6.45) is 2.19. The number of aryl methyl sites for hydroxylation is 1. The van der Waals surface area contributed by atoms with Gasteiger partial charge in [-0.1, -0.05) is 18.2 Å². The monoisotopic (exact) mass is 485 g/mol. The van der Waals surface area contributed by atoms with Crippen LogP contribution in [0, 0.1) is 0 Å². The zero-order chi connectivity index (χ0) is 24.4. The molecule has 0 spiro atoms. The molecule has 1 aliphatic heterocycles. The number of ether oxygens (including phenoxy) is 2. The van der Waals surface area contributed by atoms with Crippen molar-refractivity contribution in [2.24, 2.45) is 0 Å². The third-order valence-electron chi connectivity index (χ3n) is 6.29. The van der Waals surface area contributed by atoms with Crippen molar-refractivity contribution in [1.29, 1.82) is 0 Å². The lowest BCUT2D eigenvalue weighted by atomic mass is 9.87. The first kappa shape index (κ1) is 23.1. The average molecular weight is 485 g/mol. The number of carbonyl (C=O) groups is 2. The molecule has 2 aromatic carbocycles. The number of nitrogens with zero attached hydrogens (tertiary/aromatic N) is 1. The van der Waals surface area contributed by atoms with Crippen molar-refractivity contribution in [1.82, 2.24) is 10.2 Å². The molecule has 35 heavy (non-hydrogen) atoms. The van der Waals surface area contributed by atoms with Crippen molar-refractivity contribution >= 4 is 28.6 Å². The summed E-state index contributed by atoms with van der Waals surface area (Å²) in [4.78, 5) is 27.9. The predicted molar refractivity (Wildman–Crippen MR) is 124 cm³/mol. The number of rotatable bonds is 5. The summed E-state index contributed by atoms with van der Waals surface area (Å²) in [6.45, 7) is -1.12. The lowest BCUT2D eigenvalue weighted by Crippen LogP contribution is -2.41. The van der Waals surface area contributed by atoms with Crippen LogP contribution in [0.1, 0.15) is 40.6 Å². The maximum atomic E-state index is 13.2. The Morgan fingerprint density at radius 1 is 1.11 bits per heavy atom. The number of carbonyl (C=O) groups excluding carboxylic acids is 2. The minimum absolute atomic E-state index is 0.0704. The molecule has 1 aromatic heterocycles. The summed E-state index contributed by atoms with van der Waals surface area (Å²) in [6, 6.07) is 11.1. The van der Waals surface area contributed by atoms with Gasteiger partial charge in [-0.3, -0.25) is 4.79 Å². The van der Waals surface area contributed by atoms with E-state index in [1.165, 1.54) is 6.07 Å². The Balaban J connectivity index is 1.36. The fourth-order valence-electron chi connectivity index (χ4n) is 4.65. The van der Waals surface area contributed by atoms with Crippen molar-refractivity contribution in [3.8, 4) is 5.75 Å². The quantitative estimate of drug-likeness (QED) is 0.546. The highest BCUT2D eigenvalue weighted by Gasteiger charge is 2.29. The highest BCUT2D eigenvalue weighted by Crippen LogP contribution is 2.34. The molecule has 1 saturated heterocycles. The van der Waals surface area contributed by atoms with Gasteiger partial charge in [0.15, 0.2) is 0 Å². The molecule has 0 saturated carbocycles. The topological polar surface area (TPSA) is 93.0 Å². The summed E-state index contributed by atoms with van der Waals surface area (Å²) in [7, 11) is 0. The Morgan fingerprint density at radius 2 is 1.91 bits per heavy atom. The van der Waals surface area contributed by atoms with E-state index in [2.05, 4.69) is 15.4 Å². The van der Waals surface area contributed by atoms with Gasteiger partial charge >= 0.3 is 12.6 Å². The second-order valence-corrected chi connectivity index (χ2v) is 8.49. The average Bonchev–Trinajstić information content (AvgIpc) is 3.22. The van der Waals surface area contributed by atoms with Crippen molar-refractivity contribution in [2.75, 3.05) is 31.6 Å². The fraction of sp³-hybridized carbons (Fsp3) is 0.360. The van der Waals surface area contributed by atoms with E-state index >= 15 is 0 Å². The Labute approximate surface area is 200 Å². The fourth-order valence-corrected chi connectivity index (χ4v) is 4.65. The molecule has 2 N–H and O–H groups in total. The van der Waals surface area contributed by atoms with Gasteiger partial charge in [0.25, 0.3) is 5.91 Å². The second kappa shape index (κ2) is 9.91. The van der Waals surface area contributed by atoms with E-state index in [9.17, 15) is 18.4 Å². The first-order chi connectivity index (χ1) is 17.0. The number of fused-ring (bicyclic) bond motifs is 2. The molecule has 2 aliphatic rings. The van der Waals surface area contributed by atoms with Crippen molar-refractivity contribution in [3.05, 3.63) is 59.4 Å². The van der Waals surface area contributed by atoms with Gasteiger partial charge in [-0.15, -0.1) is 0 Å². The Kier molecular flexibility index (Phi) is 6.54. The number of hydrogen-bond acceptors (Lipinski definition) is 5. The molecule has 3 amide bonds. The zero-order valence-corrected chi connectivity index (χ0v) is 18.9. The van der Waals surface area contributed by atoms with Gasteiger partial charge in [0.05, 0.1) is 19.3 Å². The van der Waals surface area contributed by atoms with Gasteiger partial charge in [0, 0.05) is 18.5 Å². The van der Waals surface area contributed by atoms with Crippen LogP contribution in [0.5, 0.6) is 5.75 Å². The number of anilines is 1. The van der Waals surface area contributed by atoms with Crippen LogP contribution in [-0.4, -0.2) is 49.8 Å². The molecule has 8 nitrogen and oxygen atoms in total. The number of nitrogens with one attached hydrogen (secondary N) is 2. The van der Waals surface area contributed by atoms with Gasteiger partial charge in [-0.05, 0) is 54.7 Å². The normalized spacial score (nSPS) is 17.8. The summed E-state index contributed by atoms with van der Waals surface area (Å²) < 4.78 is 40.8. The highest BCUT2D eigenvalue weighted by molar-refractivity contribution is 6.10. The predicted octanol–water partition coefficient (Wildman–Crippen LogP) is 4.71. The molecule has 3 aromatic rings. The molecule has 1 fully saturated rings. The zero-order valence-electron chi connectivity index (χ0n) is 18.9. The van der Waals surface area contributed by atoms with Crippen molar-refractivity contribution < 1.29 is 32.3 Å². The molecule has 5 rings (SSSR count). The third-order valence-corrected chi connectivity index (χ3v) is 6.29. The standard InChI is InChI=1S/C25H25F2N3O5/c26-24(27)34-16-8-9-17-15(14-16)4-3-6-19(17)28-25(32)29-21-18-5-1-2-7-20(18)35-22(21)23(31)30-10-12-33-13-11-30/h1-2,5,7-9,14,19,24H,3-4,6,10-13H2,(H2,28,29,32). The number of hydrogen-bond donors (Lipinski definition) is 2. The first-order valence-electron chi connectivity index (χ1n) is 11.5. The SMILES string of the molecule is O=C(Nc1c(C(=O)N2CCOCC2)oc2ccccc12)NC1CCCc2cc(OC(F)F)ccc21. The lowest BCUT2D eigenvalue weighted by Gasteiger charge is -2.27. The number of halogens is 2. The number of morpholine rings is 1. The smallest absolute Gasteiger partial charge is 0.387 e.